The second kappa shape index (κ2) is 5.64. The first-order valence-electron chi connectivity index (χ1n) is 7.31. The molecule has 1 aromatic carbocycles. The van der Waals surface area contributed by atoms with Gasteiger partial charge >= 0.3 is 0 Å². The van der Waals surface area contributed by atoms with Crippen LogP contribution in [0.25, 0.3) is 0 Å². The van der Waals surface area contributed by atoms with Crippen LogP contribution < -0.4 is 4.74 Å². The highest BCUT2D eigenvalue weighted by Gasteiger charge is 2.47. The van der Waals surface area contributed by atoms with E-state index >= 15 is 0 Å². The van der Waals surface area contributed by atoms with Crippen molar-refractivity contribution in [2.24, 2.45) is 5.16 Å². The molecule has 2 heterocycles. The molecule has 1 aromatic rings. The lowest BCUT2D eigenvalue weighted by Crippen LogP contribution is -2.52. The van der Waals surface area contributed by atoms with Crippen LogP contribution >= 0.6 is 0 Å². The van der Waals surface area contributed by atoms with Crippen LogP contribution in [0.15, 0.2) is 34.3 Å². The van der Waals surface area contributed by atoms with Crippen molar-refractivity contribution in [1.82, 2.24) is 4.31 Å². The third-order valence-corrected chi connectivity index (χ3v) is 6.00. The Balaban J connectivity index is 1.84. The zero-order valence-electron chi connectivity index (χ0n) is 12.8. The molecule has 120 valence electrons. The molecule has 22 heavy (non-hydrogen) atoms. The molecule has 0 aromatic heterocycles. The first-order valence-corrected chi connectivity index (χ1v) is 8.75. The molecule has 7 heteroatoms. The fourth-order valence-electron chi connectivity index (χ4n) is 3.10. The quantitative estimate of drug-likeness (QED) is 0.799. The van der Waals surface area contributed by atoms with Crippen LogP contribution in [0, 0.1) is 0 Å². The van der Waals surface area contributed by atoms with Crippen LogP contribution in [0.4, 0.5) is 0 Å². The van der Waals surface area contributed by atoms with Crippen LogP contribution in [-0.4, -0.2) is 40.4 Å². The Morgan fingerprint density at radius 1 is 1.50 bits per heavy atom. The predicted molar refractivity (Wildman–Crippen MR) is 82.4 cm³/mol. The van der Waals surface area contributed by atoms with Crippen molar-refractivity contribution in [2.75, 3.05) is 20.2 Å². The zero-order chi connectivity index (χ0) is 15.8. The summed E-state index contributed by atoms with van der Waals surface area (Å²) >= 11 is 0. The summed E-state index contributed by atoms with van der Waals surface area (Å²) in [6.45, 7) is 2.75. The maximum absolute atomic E-state index is 12.9. The summed E-state index contributed by atoms with van der Waals surface area (Å²) in [6, 6.07) is 6.56. The highest BCUT2D eigenvalue weighted by molar-refractivity contribution is 7.95. The highest BCUT2D eigenvalue weighted by Crippen LogP contribution is 2.37. The Labute approximate surface area is 131 Å². The first kappa shape index (κ1) is 15.5. The Morgan fingerprint density at radius 2 is 2.32 bits per heavy atom. The van der Waals surface area contributed by atoms with Gasteiger partial charge in [-0.05, 0) is 31.9 Å². The van der Waals surface area contributed by atoms with Crippen LogP contribution in [0.3, 0.4) is 0 Å². The lowest BCUT2D eigenvalue weighted by atomic mass is 9.90. The van der Waals surface area contributed by atoms with E-state index in [1.54, 1.807) is 24.3 Å². The molecule has 0 N–H and O–H groups in total. The third-order valence-electron chi connectivity index (χ3n) is 4.16. The second-order valence-electron chi connectivity index (χ2n) is 5.90. The van der Waals surface area contributed by atoms with E-state index in [9.17, 15) is 8.76 Å². The van der Waals surface area contributed by atoms with Crippen molar-refractivity contribution in [3.05, 3.63) is 24.3 Å². The first-order chi connectivity index (χ1) is 10.5. The summed E-state index contributed by atoms with van der Waals surface area (Å²) in [6.07, 6.45) is 2.29. The van der Waals surface area contributed by atoms with E-state index in [2.05, 4.69) is 5.16 Å². The van der Waals surface area contributed by atoms with Crippen molar-refractivity contribution in [1.29, 1.82) is 0 Å². The average molecular weight is 324 g/mol. The van der Waals surface area contributed by atoms with Gasteiger partial charge in [0.15, 0.2) is 20.9 Å². The van der Waals surface area contributed by atoms with E-state index < -0.39 is 16.0 Å². The van der Waals surface area contributed by atoms with Gasteiger partial charge in [0.2, 0.25) is 0 Å². The van der Waals surface area contributed by atoms with Gasteiger partial charge in [-0.25, -0.2) is 0 Å². The summed E-state index contributed by atoms with van der Waals surface area (Å²) < 4.78 is 32.3. The van der Waals surface area contributed by atoms with Crippen LogP contribution in [0.2, 0.25) is 0 Å². The maximum Gasteiger partial charge on any atom is 0.179 e. The van der Waals surface area contributed by atoms with Crippen molar-refractivity contribution in [3.8, 4) is 5.75 Å². The number of nitrogens with zero attached hydrogens (tertiary/aromatic N) is 2. The second-order valence-corrected chi connectivity index (χ2v) is 7.84. The van der Waals surface area contributed by atoms with Gasteiger partial charge in [-0.1, -0.05) is 15.4 Å². The summed E-state index contributed by atoms with van der Waals surface area (Å²) in [5, 5.41) is 4.00. The van der Waals surface area contributed by atoms with E-state index in [0.29, 0.717) is 25.3 Å². The molecule has 2 aliphatic heterocycles. The highest BCUT2D eigenvalue weighted by atomic mass is 32.3. The molecule has 3 rings (SSSR count). The molecule has 1 fully saturated rings. The van der Waals surface area contributed by atoms with Crippen molar-refractivity contribution >= 4 is 16.1 Å². The van der Waals surface area contributed by atoms with E-state index in [-0.39, 0.29) is 4.90 Å². The number of hydrogen-bond acceptors (Lipinski definition) is 5. The van der Waals surface area contributed by atoms with Crippen LogP contribution in [0.1, 0.15) is 26.2 Å². The molecule has 0 aliphatic carbocycles. The summed E-state index contributed by atoms with van der Waals surface area (Å²) in [4.78, 5) is 5.81. The van der Waals surface area contributed by atoms with Gasteiger partial charge in [-0.15, -0.1) is 4.31 Å². The third kappa shape index (κ3) is 2.76. The SMILES string of the molecule is COc1cccc([S+](=O)([O-])N2CCCC3(CC(C)=NO3)C2)c1. The minimum atomic E-state index is -3.55. The lowest BCUT2D eigenvalue weighted by Gasteiger charge is -2.38. The van der Waals surface area contributed by atoms with Gasteiger partial charge in [0.25, 0.3) is 0 Å². The zero-order valence-corrected chi connectivity index (χ0v) is 13.6. The van der Waals surface area contributed by atoms with Gasteiger partial charge in [0.1, 0.15) is 5.75 Å². The molecule has 2 atom stereocenters. The summed E-state index contributed by atoms with van der Waals surface area (Å²) in [7, 11) is -2.03. The fraction of sp³-hybridized carbons (Fsp3) is 0.533. The number of piperidine rings is 1. The Hall–Kier alpha value is -1.44. The number of sulfonamides is 1. The normalized spacial score (nSPS) is 28.0. The molecular formula is C15H20N2O4S. The summed E-state index contributed by atoms with van der Waals surface area (Å²) in [5.74, 6) is 0.532. The van der Waals surface area contributed by atoms with Crippen LogP contribution in [-0.2, 0) is 19.4 Å². The molecule has 2 aliphatic rings. The molecule has 0 saturated carbocycles. The van der Waals surface area contributed by atoms with Crippen LogP contribution in [0.5, 0.6) is 5.75 Å². The van der Waals surface area contributed by atoms with Gasteiger partial charge in [0.05, 0.1) is 19.4 Å². The molecule has 1 spiro atoms. The Morgan fingerprint density at radius 3 is 3.00 bits per heavy atom. The van der Waals surface area contributed by atoms with Gasteiger partial charge in [0, 0.05) is 19.0 Å². The standard InChI is InChI=1S/C15H20N2O4S/c1-12-10-15(21-16-12)7-4-8-17(11-15)22(18,19)14-6-3-5-13(9-14)20-2/h3,5-6,9H,4,7-8,10-11H2,1-2H3. The molecule has 0 amide bonds. The number of rotatable bonds is 3. The van der Waals surface area contributed by atoms with Gasteiger partial charge < -0.3 is 14.1 Å². The maximum atomic E-state index is 12.9. The average Bonchev–Trinajstić information content (AvgIpc) is 2.87. The van der Waals surface area contributed by atoms with Crippen molar-refractivity contribution < 1.29 is 18.3 Å². The van der Waals surface area contributed by atoms with Crippen molar-refractivity contribution in [3.63, 3.8) is 0 Å². The molecular weight excluding hydrogens is 304 g/mol. The monoisotopic (exact) mass is 324 g/mol. The van der Waals surface area contributed by atoms with E-state index in [4.69, 9.17) is 9.57 Å². The fourth-order valence-corrected chi connectivity index (χ4v) is 4.69. The van der Waals surface area contributed by atoms with E-state index in [1.165, 1.54) is 11.4 Å². The lowest BCUT2D eigenvalue weighted by molar-refractivity contribution is -0.0533. The number of benzene rings is 1. The minimum Gasteiger partial charge on any atom is -0.593 e. The Kier molecular flexibility index (Phi) is 3.96. The van der Waals surface area contributed by atoms with Gasteiger partial charge in [-0.2, -0.15) is 0 Å². The smallest absolute Gasteiger partial charge is 0.179 e. The minimum absolute atomic E-state index is 0.250. The number of methoxy groups -OCH3 is 1. The largest absolute Gasteiger partial charge is 0.593 e. The molecule has 6 nitrogen and oxygen atoms in total. The Bertz CT molecular complexity index is 648. The van der Waals surface area contributed by atoms with Crippen molar-refractivity contribution in [2.45, 2.75) is 36.7 Å². The predicted octanol–water partition coefficient (Wildman–Crippen LogP) is 2.23. The van der Waals surface area contributed by atoms with E-state index in [1.807, 2.05) is 6.92 Å². The molecule has 0 bridgehead atoms. The molecule has 0 radical (unpaired) electrons. The molecule has 2 unspecified atom stereocenters. The molecule has 1 saturated heterocycles. The van der Waals surface area contributed by atoms with Gasteiger partial charge in [-0.3, -0.25) is 0 Å². The number of hydrogen-bond donors (Lipinski definition) is 0. The summed E-state index contributed by atoms with van der Waals surface area (Å²) in [5.41, 5.74) is 0.425. The van der Waals surface area contributed by atoms with E-state index in [0.717, 1.165) is 18.6 Å². The number of ether oxygens (including phenoxy) is 1. The topological polar surface area (TPSA) is 74.2 Å². The number of oxime groups is 1.